The summed E-state index contributed by atoms with van der Waals surface area (Å²) in [5, 5.41) is 8.78. The number of rotatable bonds is 5. The molecule has 1 unspecified atom stereocenters. The van der Waals surface area contributed by atoms with Crippen molar-refractivity contribution in [2.24, 2.45) is 5.73 Å². The molecule has 102 valence electrons. The van der Waals surface area contributed by atoms with Gasteiger partial charge in [0.05, 0.1) is 5.69 Å². The normalized spacial score (nSPS) is 17.4. The number of nitrogens with two attached hydrogens (primary N) is 1. The molecule has 0 radical (unpaired) electrons. The van der Waals surface area contributed by atoms with Gasteiger partial charge in [-0.2, -0.15) is 0 Å². The molecule has 0 saturated carbocycles. The van der Waals surface area contributed by atoms with E-state index in [1.54, 1.807) is 0 Å². The van der Waals surface area contributed by atoms with Crippen molar-refractivity contribution in [1.82, 2.24) is 4.98 Å². The van der Waals surface area contributed by atoms with E-state index in [2.05, 4.69) is 11.6 Å². The zero-order valence-corrected chi connectivity index (χ0v) is 11.3. The van der Waals surface area contributed by atoms with Gasteiger partial charge in [-0.25, -0.2) is 4.98 Å². The summed E-state index contributed by atoms with van der Waals surface area (Å²) in [7, 11) is 0. The molecular formula is C12H16N4O2S. The van der Waals surface area contributed by atoms with E-state index in [9.17, 15) is 4.79 Å². The Morgan fingerprint density at radius 1 is 1.74 bits per heavy atom. The molecule has 19 heavy (non-hydrogen) atoms. The Kier molecular flexibility index (Phi) is 4.16. The number of carbonyl (C=O) groups is 1. The van der Waals surface area contributed by atoms with Gasteiger partial charge in [0.1, 0.15) is 0 Å². The fraction of sp³-hybridized carbons (Fsp3) is 0.417. The smallest absolute Gasteiger partial charge is 0.321 e. The summed E-state index contributed by atoms with van der Waals surface area (Å²) in [6, 6.07) is 0. The Hall–Kier alpha value is -1.89. The lowest BCUT2D eigenvalue weighted by atomic mass is 9.89. The Labute approximate surface area is 115 Å². The lowest BCUT2D eigenvalue weighted by molar-refractivity contribution is -0.128. The summed E-state index contributed by atoms with van der Waals surface area (Å²) in [5.41, 5.74) is 6.40. The van der Waals surface area contributed by atoms with Crippen molar-refractivity contribution in [3.63, 3.8) is 0 Å². The van der Waals surface area contributed by atoms with Crippen molar-refractivity contribution >= 4 is 28.9 Å². The Bertz CT molecular complexity index is 500. The van der Waals surface area contributed by atoms with E-state index in [1.807, 2.05) is 6.08 Å². The van der Waals surface area contributed by atoms with Gasteiger partial charge >= 0.3 is 6.47 Å². The summed E-state index contributed by atoms with van der Waals surface area (Å²) in [4.78, 5) is 20.8. The molecule has 7 heteroatoms. The second kappa shape index (κ2) is 5.83. The van der Waals surface area contributed by atoms with E-state index in [0.29, 0.717) is 11.0 Å². The number of allylic oxidation sites excluding steroid dienone is 1. The molecule has 0 fully saturated rings. The molecule has 0 amide bonds. The predicted molar refractivity (Wildman–Crippen MR) is 74.1 cm³/mol. The molecule has 1 aromatic rings. The quantitative estimate of drug-likeness (QED) is 0.283. The number of carbonyl (C=O) groups excluding carboxylic acids is 1. The molecule has 0 bridgehead atoms. The first-order chi connectivity index (χ1) is 9.17. The average molecular weight is 280 g/mol. The zero-order valence-electron chi connectivity index (χ0n) is 10.5. The molecule has 2 rings (SSSR count). The topological polar surface area (TPSA) is 92.3 Å². The van der Waals surface area contributed by atoms with Gasteiger partial charge in [0.15, 0.2) is 0 Å². The highest BCUT2D eigenvalue weighted by Gasteiger charge is 2.26. The third kappa shape index (κ3) is 2.76. The maximum absolute atomic E-state index is 10.5. The van der Waals surface area contributed by atoms with Gasteiger partial charge in [-0.3, -0.25) is 10.2 Å². The van der Waals surface area contributed by atoms with Gasteiger partial charge in [-0.05, 0) is 25.7 Å². The number of nitrogens with one attached hydrogen (secondary N) is 1. The summed E-state index contributed by atoms with van der Waals surface area (Å²) >= 11 is 1.42. The highest BCUT2D eigenvalue weighted by Crippen LogP contribution is 2.39. The average Bonchev–Trinajstić information content (AvgIpc) is 2.80. The molecule has 1 aliphatic carbocycles. The summed E-state index contributed by atoms with van der Waals surface area (Å²) < 4.78 is 0. The van der Waals surface area contributed by atoms with Crippen molar-refractivity contribution in [2.45, 2.75) is 31.6 Å². The van der Waals surface area contributed by atoms with Crippen LogP contribution in [-0.2, 0) is 16.1 Å². The first-order valence-corrected chi connectivity index (χ1v) is 6.84. The van der Waals surface area contributed by atoms with Crippen LogP contribution >= 0.6 is 11.3 Å². The van der Waals surface area contributed by atoms with Crippen molar-refractivity contribution in [3.05, 3.63) is 23.2 Å². The summed E-state index contributed by atoms with van der Waals surface area (Å²) in [5.74, 6) is -0.00485. The van der Waals surface area contributed by atoms with Crippen LogP contribution in [0.25, 0.3) is 0 Å². The van der Waals surface area contributed by atoms with Crippen LogP contribution in [0.4, 0.5) is 5.13 Å². The van der Waals surface area contributed by atoms with Crippen LogP contribution < -0.4 is 10.8 Å². The maximum atomic E-state index is 10.5. The lowest BCUT2D eigenvalue weighted by Gasteiger charge is -2.19. The fourth-order valence-corrected chi connectivity index (χ4v) is 3.41. The molecule has 6 nitrogen and oxygen atoms in total. The van der Waals surface area contributed by atoms with E-state index < -0.39 is 0 Å². The van der Waals surface area contributed by atoms with Gasteiger partial charge in [-0.1, -0.05) is 17.4 Å². The molecule has 0 spiro atoms. The van der Waals surface area contributed by atoms with Crippen molar-refractivity contribution in [1.29, 1.82) is 5.41 Å². The van der Waals surface area contributed by atoms with Crippen LogP contribution in [0, 0.1) is 5.41 Å². The molecule has 1 aliphatic rings. The largest absolute Gasteiger partial charge is 0.367 e. The number of guanidine groups is 1. The zero-order chi connectivity index (χ0) is 13.8. The molecule has 0 saturated heterocycles. The van der Waals surface area contributed by atoms with Crippen LogP contribution in [0.1, 0.15) is 35.8 Å². The second-order valence-corrected chi connectivity index (χ2v) is 5.36. The van der Waals surface area contributed by atoms with Crippen molar-refractivity contribution < 1.29 is 9.63 Å². The van der Waals surface area contributed by atoms with Crippen LogP contribution in [0.15, 0.2) is 12.7 Å². The molecule has 3 N–H and O–H groups in total. The van der Waals surface area contributed by atoms with Crippen LogP contribution in [0.5, 0.6) is 0 Å². The van der Waals surface area contributed by atoms with Crippen LogP contribution in [0.2, 0.25) is 0 Å². The van der Waals surface area contributed by atoms with E-state index in [4.69, 9.17) is 16.0 Å². The number of nitrogens with zero attached hydrogens (tertiary/aromatic N) is 2. The summed E-state index contributed by atoms with van der Waals surface area (Å²) in [6.07, 6.45) is 5.93. The molecule has 1 heterocycles. The van der Waals surface area contributed by atoms with E-state index in [-0.39, 0.29) is 12.4 Å². The van der Waals surface area contributed by atoms with Crippen LogP contribution in [0.3, 0.4) is 0 Å². The third-order valence-electron chi connectivity index (χ3n) is 3.05. The second-order valence-electron chi connectivity index (χ2n) is 4.30. The number of thiazole rings is 1. The third-order valence-corrected chi connectivity index (χ3v) is 4.15. The number of fused-ring (bicyclic) bond motifs is 1. The standard InChI is InChI=1S/C12H16N4O2S/c1-2-4-8-5-3-6-9-10(8)15-12(19-9)16(11(13)14)18-7-17/h2,7-8H,1,3-6H2,(H3,13,14). The fourth-order valence-electron chi connectivity index (χ4n) is 2.26. The lowest BCUT2D eigenvalue weighted by Crippen LogP contribution is -2.36. The highest BCUT2D eigenvalue weighted by molar-refractivity contribution is 7.15. The van der Waals surface area contributed by atoms with Gasteiger partial charge in [0, 0.05) is 10.8 Å². The number of hydrogen-bond donors (Lipinski definition) is 2. The van der Waals surface area contributed by atoms with Gasteiger partial charge in [0.2, 0.25) is 11.1 Å². The first kappa shape index (κ1) is 13.5. The van der Waals surface area contributed by atoms with Crippen LogP contribution in [-0.4, -0.2) is 17.4 Å². The number of hydrogen-bond acceptors (Lipinski definition) is 5. The number of hydroxylamine groups is 1. The molecule has 0 aromatic carbocycles. The summed E-state index contributed by atoms with van der Waals surface area (Å²) in [6.45, 7) is 4.01. The van der Waals surface area contributed by atoms with E-state index in [1.165, 1.54) is 16.2 Å². The molecule has 0 aliphatic heterocycles. The SMILES string of the molecule is C=CCC1CCCc2sc(N(OC=O)C(=N)N)nc21. The minimum absolute atomic E-state index is 0.239. The van der Waals surface area contributed by atoms with E-state index in [0.717, 1.165) is 36.4 Å². The number of aryl methyl sites for hydroxylation is 1. The molecule has 1 atom stereocenters. The highest BCUT2D eigenvalue weighted by atomic mass is 32.1. The van der Waals surface area contributed by atoms with Crippen molar-refractivity contribution in [2.75, 3.05) is 5.06 Å². The van der Waals surface area contributed by atoms with Gasteiger partial charge < -0.3 is 10.6 Å². The Morgan fingerprint density at radius 3 is 3.16 bits per heavy atom. The number of anilines is 1. The minimum atomic E-state index is -0.363. The molecular weight excluding hydrogens is 264 g/mol. The van der Waals surface area contributed by atoms with Crippen molar-refractivity contribution in [3.8, 4) is 0 Å². The predicted octanol–water partition coefficient (Wildman–Crippen LogP) is 1.93. The minimum Gasteiger partial charge on any atom is -0.367 e. The Balaban J connectivity index is 2.31. The monoisotopic (exact) mass is 280 g/mol. The first-order valence-electron chi connectivity index (χ1n) is 6.02. The molecule has 1 aromatic heterocycles. The number of aromatic nitrogens is 1. The van der Waals surface area contributed by atoms with E-state index >= 15 is 0 Å². The Morgan fingerprint density at radius 2 is 2.53 bits per heavy atom. The van der Waals surface area contributed by atoms with Gasteiger partial charge in [-0.15, -0.1) is 11.6 Å². The van der Waals surface area contributed by atoms with Gasteiger partial charge in [0.25, 0.3) is 0 Å². The maximum Gasteiger partial charge on any atom is 0.321 e.